The van der Waals surface area contributed by atoms with Crippen molar-refractivity contribution in [2.75, 3.05) is 26.2 Å². The lowest BCUT2D eigenvalue weighted by atomic mass is 10.2. The van der Waals surface area contributed by atoms with Gasteiger partial charge in [0.2, 0.25) is 5.28 Å². The standard InChI is InChI=1S/C12H19ClN4/c1-10(2)17-5-3-16(4-6-17)9-11-7-14-12(13)15-8-11/h7-8,10H,3-6,9H2,1-2H3. The van der Waals surface area contributed by atoms with Gasteiger partial charge < -0.3 is 0 Å². The Labute approximate surface area is 108 Å². The van der Waals surface area contributed by atoms with Gasteiger partial charge in [-0.25, -0.2) is 9.97 Å². The predicted octanol–water partition coefficient (Wildman–Crippen LogP) is 1.66. The third-order valence-corrected chi connectivity index (χ3v) is 3.41. The highest BCUT2D eigenvalue weighted by Gasteiger charge is 2.18. The Bertz CT molecular complexity index is 344. The van der Waals surface area contributed by atoms with Gasteiger partial charge in [-0.05, 0) is 25.4 Å². The summed E-state index contributed by atoms with van der Waals surface area (Å²) >= 11 is 5.67. The molecule has 1 aromatic heterocycles. The van der Waals surface area contributed by atoms with Crippen molar-refractivity contribution < 1.29 is 0 Å². The first-order chi connectivity index (χ1) is 8.15. The molecule has 0 atom stereocenters. The fourth-order valence-corrected chi connectivity index (χ4v) is 2.21. The number of piperazine rings is 1. The number of rotatable bonds is 3. The number of nitrogens with zero attached hydrogens (tertiary/aromatic N) is 4. The van der Waals surface area contributed by atoms with Gasteiger partial charge in [-0.1, -0.05) is 0 Å². The quantitative estimate of drug-likeness (QED) is 0.768. The van der Waals surface area contributed by atoms with E-state index >= 15 is 0 Å². The van der Waals surface area contributed by atoms with Gasteiger partial charge in [0.05, 0.1) is 0 Å². The molecule has 0 aromatic carbocycles. The number of aromatic nitrogens is 2. The molecule has 0 radical (unpaired) electrons. The van der Waals surface area contributed by atoms with Gasteiger partial charge in [0.1, 0.15) is 0 Å². The summed E-state index contributed by atoms with van der Waals surface area (Å²) in [6.07, 6.45) is 3.62. The van der Waals surface area contributed by atoms with Gasteiger partial charge >= 0.3 is 0 Å². The third kappa shape index (κ3) is 3.63. The van der Waals surface area contributed by atoms with Gasteiger partial charge in [-0.15, -0.1) is 0 Å². The van der Waals surface area contributed by atoms with Crippen LogP contribution in [-0.2, 0) is 6.54 Å². The maximum Gasteiger partial charge on any atom is 0.222 e. The summed E-state index contributed by atoms with van der Waals surface area (Å²) in [5.74, 6) is 0. The molecule has 1 aliphatic rings. The van der Waals surface area contributed by atoms with Crippen LogP contribution in [0.5, 0.6) is 0 Å². The Hall–Kier alpha value is -0.710. The summed E-state index contributed by atoms with van der Waals surface area (Å²) in [5.41, 5.74) is 1.13. The van der Waals surface area contributed by atoms with E-state index in [4.69, 9.17) is 11.6 Å². The Morgan fingerprint density at radius 3 is 2.29 bits per heavy atom. The van der Waals surface area contributed by atoms with Crippen molar-refractivity contribution in [2.45, 2.75) is 26.4 Å². The molecule has 0 N–H and O–H groups in total. The second kappa shape index (κ2) is 5.76. The second-order valence-corrected chi connectivity index (χ2v) is 5.10. The zero-order valence-corrected chi connectivity index (χ0v) is 11.2. The Morgan fingerprint density at radius 1 is 1.18 bits per heavy atom. The highest BCUT2D eigenvalue weighted by atomic mass is 35.5. The molecule has 0 unspecified atom stereocenters. The summed E-state index contributed by atoms with van der Waals surface area (Å²) < 4.78 is 0. The van der Waals surface area contributed by atoms with Crippen molar-refractivity contribution in [3.05, 3.63) is 23.2 Å². The van der Waals surface area contributed by atoms with E-state index in [-0.39, 0.29) is 0 Å². The van der Waals surface area contributed by atoms with Gasteiger partial charge in [0.25, 0.3) is 0 Å². The molecule has 1 saturated heterocycles. The van der Waals surface area contributed by atoms with Crippen LogP contribution in [0.1, 0.15) is 19.4 Å². The second-order valence-electron chi connectivity index (χ2n) is 4.77. The zero-order valence-electron chi connectivity index (χ0n) is 10.4. The van der Waals surface area contributed by atoms with Gasteiger partial charge in [-0.2, -0.15) is 0 Å². The molecule has 17 heavy (non-hydrogen) atoms. The van der Waals surface area contributed by atoms with E-state index in [1.165, 1.54) is 0 Å². The number of hydrogen-bond acceptors (Lipinski definition) is 4. The minimum atomic E-state index is 0.318. The zero-order chi connectivity index (χ0) is 12.3. The molecule has 1 aromatic rings. The van der Waals surface area contributed by atoms with Crippen molar-refractivity contribution in [2.24, 2.45) is 0 Å². The summed E-state index contributed by atoms with van der Waals surface area (Å²) in [7, 11) is 0. The van der Waals surface area contributed by atoms with Crippen LogP contribution < -0.4 is 0 Å². The topological polar surface area (TPSA) is 32.3 Å². The average molecular weight is 255 g/mol. The van der Waals surface area contributed by atoms with E-state index in [2.05, 4.69) is 33.6 Å². The fourth-order valence-electron chi connectivity index (χ4n) is 2.12. The molecule has 0 bridgehead atoms. The normalized spacial score (nSPS) is 18.8. The lowest BCUT2D eigenvalue weighted by molar-refractivity contribution is 0.104. The van der Waals surface area contributed by atoms with Crippen LogP contribution in [0.3, 0.4) is 0 Å². The van der Waals surface area contributed by atoms with Crippen LogP contribution in [0, 0.1) is 0 Å². The van der Waals surface area contributed by atoms with Crippen LogP contribution in [0.15, 0.2) is 12.4 Å². The molecular weight excluding hydrogens is 236 g/mol. The van der Waals surface area contributed by atoms with Gasteiger partial charge in [0, 0.05) is 56.7 Å². The first kappa shape index (κ1) is 12.7. The van der Waals surface area contributed by atoms with Crippen molar-refractivity contribution in [1.29, 1.82) is 0 Å². The van der Waals surface area contributed by atoms with Crippen molar-refractivity contribution in [3.63, 3.8) is 0 Å². The molecule has 1 fully saturated rings. The van der Waals surface area contributed by atoms with E-state index < -0.39 is 0 Å². The molecule has 0 aliphatic carbocycles. The van der Waals surface area contributed by atoms with Gasteiger partial charge in [0.15, 0.2) is 0 Å². The van der Waals surface area contributed by atoms with Crippen LogP contribution in [0.25, 0.3) is 0 Å². The lowest BCUT2D eigenvalue weighted by Crippen LogP contribution is -2.48. The molecule has 5 heteroatoms. The molecule has 94 valence electrons. The van der Waals surface area contributed by atoms with Crippen molar-refractivity contribution in [1.82, 2.24) is 19.8 Å². The molecule has 2 rings (SSSR count). The molecular formula is C12H19ClN4. The van der Waals surface area contributed by atoms with E-state index in [0.717, 1.165) is 38.3 Å². The predicted molar refractivity (Wildman–Crippen MR) is 69.0 cm³/mol. The van der Waals surface area contributed by atoms with E-state index in [9.17, 15) is 0 Å². The molecule has 0 amide bonds. The Morgan fingerprint density at radius 2 is 1.76 bits per heavy atom. The van der Waals surface area contributed by atoms with E-state index in [0.29, 0.717) is 11.3 Å². The van der Waals surface area contributed by atoms with Crippen LogP contribution in [0.2, 0.25) is 5.28 Å². The van der Waals surface area contributed by atoms with E-state index in [1.807, 2.05) is 12.4 Å². The first-order valence-corrected chi connectivity index (χ1v) is 6.46. The maximum atomic E-state index is 5.67. The minimum absolute atomic E-state index is 0.318. The Balaban J connectivity index is 1.84. The van der Waals surface area contributed by atoms with E-state index in [1.54, 1.807) is 0 Å². The largest absolute Gasteiger partial charge is 0.298 e. The molecule has 1 aliphatic heterocycles. The molecule has 0 spiro atoms. The monoisotopic (exact) mass is 254 g/mol. The maximum absolute atomic E-state index is 5.67. The third-order valence-electron chi connectivity index (χ3n) is 3.22. The first-order valence-electron chi connectivity index (χ1n) is 6.08. The summed E-state index contributed by atoms with van der Waals surface area (Å²) in [6, 6.07) is 0.649. The average Bonchev–Trinajstić information content (AvgIpc) is 2.33. The number of hydrogen-bond donors (Lipinski definition) is 0. The fraction of sp³-hybridized carbons (Fsp3) is 0.667. The molecule has 4 nitrogen and oxygen atoms in total. The molecule has 2 heterocycles. The van der Waals surface area contributed by atoms with Crippen LogP contribution in [0.4, 0.5) is 0 Å². The van der Waals surface area contributed by atoms with Gasteiger partial charge in [-0.3, -0.25) is 9.80 Å². The minimum Gasteiger partial charge on any atom is -0.298 e. The molecule has 0 saturated carbocycles. The van der Waals surface area contributed by atoms with Crippen LogP contribution in [-0.4, -0.2) is 52.0 Å². The SMILES string of the molecule is CC(C)N1CCN(Cc2cnc(Cl)nc2)CC1. The summed E-state index contributed by atoms with van der Waals surface area (Å²) in [5, 5.41) is 0.318. The summed E-state index contributed by atoms with van der Waals surface area (Å²) in [4.78, 5) is 13.0. The Kier molecular flexibility index (Phi) is 4.31. The van der Waals surface area contributed by atoms with Crippen molar-refractivity contribution >= 4 is 11.6 Å². The number of halogens is 1. The van der Waals surface area contributed by atoms with Crippen LogP contribution >= 0.6 is 11.6 Å². The highest BCUT2D eigenvalue weighted by molar-refractivity contribution is 6.28. The lowest BCUT2D eigenvalue weighted by Gasteiger charge is -2.36. The smallest absolute Gasteiger partial charge is 0.222 e. The highest BCUT2D eigenvalue weighted by Crippen LogP contribution is 2.10. The van der Waals surface area contributed by atoms with Crippen molar-refractivity contribution in [3.8, 4) is 0 Å². The summed E-state index contributed by atoms with van der Waals surface area (Å²) in [6.45, 7) is 9.94.